The van der Waals surface area contributed by atoms with Crippen LogP contribution in [-0.4, -0.2) is 32.3 Å². The molecule has 4 nitrogen and oxygen atoms in total. The van der Waals surface area contributed by atoms with Crippen LogP contribution in [0.2, 0.25) is 0 Å². The summed E-state index contributed by atoms with van der Waals surface area (Å²) in [5.74, 6) is 0.540. The average Bonchev–Trinajstić information content (AvgIpc) is 2.40. The summed E-state index contributed by atoms with van der Waals surface area (Å²) in [6, 6.07) is 7.40. The van der Waals surface area contributed by atoms with E-state index in [0.29, 0.717) is 6.61 Å². The molecule has 0 saturated carbocycles. The van der Waals surface area contributed by atoms with E-state index in [9.17, 15) is 4.79 Å². The number of ether oxygens (including phenoxy) is 2. The zero-order chi connectivity index (χ0) is 13.4. The van der Waals surface area contributed by atoms with Crippen LogP contribution in [0, 0.1) is 0 Å². The Morgan fingerprint density at radius 3 is 2.67 bits per heavy atom. The lowest BCUT2D eigenvalue weighted by Gasteiger charge is -2.16. The van der Waals surface area contributed by atoms with Crippen LogP contribution in [0.5, 0.6) is 5.75 Å². The van der Waals surface area contributed by atoms with Crippen molar-refractivity contribution in [3.8, 4) is 5.75 Å². The molecule has 18 heavy (non-hydrogen) atoms. The first-order valence-corrected chi connectivity index (χ1v) is 6.27. The number of nitrogens with one attached hydrogen (secondary N) is 1. The molecule has 1 unspecified atom stereocenters. The van der Waals surface area contributed by atoms with Gasteiger partial charge in [-0.3, -0.25) is 4.79 Å². The van der Waals surface area contributed by atoms with Crippen LogP contribution in [0.1, 0.15) is 19.4 Å². The first-order valence-electron chi connectivity index (χ1n) is 6.27. The van der Waals surface area contributed by atoms with Gasteiger partial charge in [0, 0.05) is 0 Å². The molecule has 1 atom stereocenters. The maximum absolute atomic E-state index is 11.6. The van der Waals surface area contributed by atoms with E-state index in [1.165, 1.54) is 0 Å². The molecule has 0 aliphatic carbocycles. The Hall–Kier alpha value is -1.55. The molecule has 0 spiro atoms. The fourth-order valence-corrected chi connectivity index (χ4v) is 1.62. The highest BCUT2D eigenvalue weighted by atomic mass is 16.5. The van der Waals surface area contributed by atoms with Gasteiger partial charge in [-0.15, -0.1) is 0 Å². The summed E-state index contributed by atoms with van der Waals surface area (Å²) in [5.41, 5.74) is 1.14. The third-order valence-corrected chi connectivity index (χ3v) is 2.68. The second-order valence-electron chi connectivity index (χ2n) is 3.87. The molecule has 0 aliphatic rings. The maximum atomic E-state index is 11.6. The van der Waals surface area contributed by atoms with E-state index < -0.39 is 6.04 Å². The maximum Gasteiger partial charge on any atom is 0.326 e. The molecule has 1 aromatic carbocycles. The Morgan fingerprint density at radius 1 is 1.33 bits per heavy atom. The topological polar surface area (TPSA) is 47.6 Å². The standard InChI is InChI=1S/C14H21NO3/c1-4-11-8-6-7-9-13(11)18-10-12(15-3)14(16)17-5-2/h6-9,12,15H,4-5,10H2,1-3H3. The lowest BCUT2D eigenvalue weighted by atomic mass is 10.1. The minimum atomic E-state index is -0.435. The molecule has 0 saturated heterocycles. The molecule has 1 rings (SSSR count). The fourth-order valence-electron chi connectivity index (χ4n) is 1.62. The number of benzene rings is 1. The normalized spacial score (nSPS) is 11.9. The van der Waals surface area contributed by atoms with Crippen LogP contribution in [0.3, 0.4) is 0 Å². The van der Waals surface area contributed by atoms with Gasteiger partial charge in [0.2, 0.25) is 0 Å². The van der Waals surface area contributed by atoms with Crippen molar-refractivity contribution >= 4 is 5.97 Å². The van der Waals surface area contributed by atoms with E-state index in [1.807, 2.05) is 24.3 Å². The lowest BCUT2D eigenvalue weighted by Crippen LogP contribution is -2.40. The van der Waals surface area contributed by atoms with Crippen molar-refractivity contribution in [2.24, 2.45) is 0 Å². The quantitative estimate of drug-likeness (QED) is 0.750. The molecular weight excluding hydrogens is 230 g/mol. The summed E-state index contributed by atoms with van der Waals surface area (Å²) in [5, 5.41) is 2.89. The van der Waals surface area contributed by atoms with E-state index in [2.05, 4.69) is 12.2 Å². The SMILES string of the molecule is CCOC(=O)C(COc1ccccc1CC)NC. The van der Waals surface area contributed by atoms with Gasteiger partial charge in [0.15, 0.2) is 0 Å². The zero-order valence-electron chi connectivity index (χ0n) is 11.2. The Bertz CT molecular complexity index is 379. The number of para-hydroxylation sites is 1. The minimum absolute atomic E-state index is 0.270. The van der Waals surface area contributed by atoms with E-state index in [4.69, 9.17) is 9.47 Å². The summed E-state index contributed by atoms with van der Waals surface area (Å²) in [6.07, 6.45) is 0.903. The second kappa shape index (κ2) is 7.71. The third-order valence-electron chi connectivity index (χ3n) is 2.68. The second-order valence-corrected chi connectivity index (χ2v) is 3.87. The number of aryl methyl sites for hydroxylation is 1. The van der Waals surface area contributed by atoms with Gasteiger partial charge in [0.1, 0.15) is 18.4 Å². The summed E-state index contributed by atoms with van der Waals surface area (Å²) in [6.45, 7) is 4.51. The van der Waals surface area contributed by atoms with Gasteiger partial charge in [-0.25, -0.2) is 0 Å². The summed E-state index contributed by atoms with van der Waals surface area (Å²) >= 11 is 0. The van der Waals surface area contributed by atoms with Crippen LogP contribution in [0.15, 0.2) is 24.3 Å². The van der Waals surface area contributed by atoms with Crippen molar-refractivity contribution in [3.05, 3.63) is 29.8 Å². The average molecular weight is 251 g/mol. The molecule has 0 amide bonds. The van der Waals surface area contributed by atoms with Crippen molar-refractivity contribution in [2.45, 2.75) is 26.3 Å². The highest BCUT2D eigenvalue weighted by molar-refractivity contribution is 5.75. The van der Waals surface area contributed by atoms with E-state index >= 15 is 0 Å². The van der Waals surface area contributed by atoms with Crippen molar-refractivity contribution in [3.63, 3.8) is 0 Å². The van der Waals surface area contributed by atoms with Gasteiger partial charge in [0.25, 0.3) is 0 Å². The Labute approximate surface area is 108 Å². The van der Waals surface area contributed by atoms with Crippen LogP contribution in [0.25, 0.3) is 0 Å². The van der Waals surface area contributed by atoms with E-state index in [0.717, 1.165) is 17.7 Å². The largest absolute Gasteiger partial charge is 0.491 e. The first kappa shape index (κ1) is 14.5. The molecule has 0 fully saturated rings. The number of carbonyl (C=O) groups excluding carboxylic acids is 1. The van der Waals surface area contributed by atoms with Crippen LogP contribution >= 0.6 is 0 Å². The number of hydrogen-bond donors (Lipinski definition) is 1. The van der Waals surface area contributed by atoms with Crippen molar-refractivity contribution in [1.29, 1.82) is 0 Å². The number of likely N-dealkylation sites (N-methyl/N-ethyl adjacent to an activating group) is 1. The molecule has 100 valence electrons. The smallest absolute Gasteiger partial charge is 0.326 e. The van der Waals surface area contributed by atoms with E-state index in [1.54, 1.807) is 14.0 Å². The third kappa shape index (κ3) is 4.04. The van der Waals surface area contributed by atoms with Gasteiger partial charge in [-0.2, -0.15) is 0 Å². The molecule has 0 aliphatic heterocycles. The molecular formula is C14H21NO3. The predicted molar refractivity (Wildman–Crippen MR) is 70.8 cm³/mol. The van der Waals surface area contributed by atoms with Gasteiger partial charge < -0.3 is 14.8 Å². The molecule has 1 aromatic rings. The monoisotopic (exact) mass is 251 g/mol. The number of carbonyl (C=O) groups is 1. The summed E-state index contributed by atoms with van der Waals surface area (Å²) < 4.78 is 10.6. The molecule has 4 heteroatoms. The fraction of sp³-hybridized carbons (Fsp3) is 0.500. The van der Waals surface area contributed by atoms with Crippen LogP contribution in [-0.2, 0) is 16.0 Å². The molecule has 1 N–H and O–H groups in total. The van der Waals surface area contributed by atoms with Gasteiger partial charge >= 0.3 is 5.97 Å². The van der Waals surface area contributed by atoms with Gasteiger partial charge in [-0.1, -0.05) is 25.1 Å². The zero-order valence-corrected chi connectivity index (χ0v) is 11.2. The predicted octanol–water partition coefficient (Wildman–Crippen LogP) is 1.78. The number of esters is 1. The number of hydrogen-bond acceptors (Lipinski definition) is 4. The van der Waals surface area contributed by atoms with Gasteiger partial charge in [0.05, 0.1) is 6.61 Å². The number of rotatable bonds is 7. The van der Waals surface area contributed by atoms with E-state index in [-0.39, 0.29) is 12.6 Å². The Kier molecular flexibility index (Phi) is 6.22. The molecule has 0 heterocycles. The van der Waals surface area contributed by atoms with Gasteiger partial charge in [-0.05, 0) is 32.0 Å². The van der Waals surface area contributed by atoms with Crippen molar-refractivity contribution in [2.75, 3.05) is 20.3 Å². The Balaban J connectivity index is 2.59. The minimum Gasteiger partial charge on any atom is -0.491 e. The van der Waals surface area contributed by atoms with Crippen LogP contribution < -0.4 is 10.1 Å². The lowest BCUT2D eigenvalue weighted by molar-refractivity contribution is -0.146. The first-order chi connectivity index (χ1) is 8.72. The molecule has 0 bridgehead atoms. The summed E-state index contributed by atoms with van der Waals surface area (Å²) in [7, 11) is 1.72. The highest BCUT2D eigenvalue weighted by Crippen LogP contribution is 2.18. The Morgan fingerprint density at radius 2 is 2.06 bits per heavy atom. The molecule has 0 radical (unpaired) electrons. The summed E-state index contributed by atoms with van der Waals surface area (Å²) in [4.78, 5) is 11.6. The molecule has 0 aromatic heterocycles. The van der Waals surface area contributed by atoms with Crippen LogP contribution in [0.4, 0.5) is 0 Å². The van der Waals surface area contributed by atoms with Crippen molar-refractivity contribution < 1.29 is 14.3 Å². The highest BCUT2D eigenvalue weighted by Gasteiger charge is 2.18. The van der Waals surface area contributed by atoms with Crippen molar-refractivity contribution in [1.82, 2.24) is 5.32 Å².